The third kappa shape index (κ3) is 3.72. The van der Waals surface area contributed by atoms with Crippen molar-refractivity contribution in [1.29, 1.82) is 0 Å². The lowest BCUT2D eigenvalue weighted by Gasteiger charge is -2.24. The van der Waals surface area contributed by atoms with Gasteiger partial charge < -0.3 is 15.2 Å². The van der Waals surface area contributed by atoms with E-state index in [1.807, 2.05) is 47.4 Å². The minimum Gasteiger partial charge on any atom is -0.361 e. The number of likely N-dealkylation sites (tertiary alicyclic amines) is 1. The Balaban J connectivity index is 1.36. The van der Waals surface area contributed by atoms with E-state index in [2.05, 4.69) is 15.4 Å². The molecule has 3 heterocycles. The van der Waals surface area contributed by atoms with Crippen LogP contribution in [0.25, 0.3) is 10.9 Å². The van der Waals surface area contributed by atoms with Gasteiger partial charge in [0.2, 0.25) is 11.8 Å². The summed E-state index contributed by atoms with van der Waals surface area (Å²) in [4.78, 5) is 29.9. The molecule has 7 heteroatoms. The van der Waals surface area contributed by atoms with Gasteiger partial charge in [0.25, 0.3) is 0 Å². The maximum atomic E-state index is 12.6. The quantitative estimate of drug-likeness (QED) is 0.629. The summed E-state index contributed by atoms with van der Waals surface area (Å²) in [5.74, 6) is -0.0295. The lowest BCUT2D eigenvalue weighted by atomic mass is 10.1. The molecule has 7 nitrogen and oxygen atoms in total. The van der Waals surface area contributed by atoms with Crippen LogP contribution in [0, 0.1) is 0 Å². The summed E-state index contributed by atoms with van der Waals surface area (Å²) in [7, 11) is 0. The molecule has 1 fully saturated rings. The predicted molar refractivity (Wildman–Crippen MR) is 102 cm³/mol. The molecule has 2 amide bonds. The van der Waals surface area contributed by atoms with E-state index in [0.29, 0.717) is 25.9 Å². The number of aryl methyl sites for hydroxylation is 1. The fourth-order valence-corrected chi connectivity index (χ4v) is 3.65. The number of rotatable bonds is 7. The molecule has 1 aromatic carbocycles. The summed E-state index contributed by atoms with van der Waals surface area (Å²) < 4.78 is 1.84. The van der Waals surface area contributed by atoms with E-state index in [1.165, 1.54) is 0 Å². The maximum absolute atomic E-state index is 12.6. The van der Waals surface area contributed by atoms with Crippen LogP contribution in [0.2, 0.25) is 0 Å². The standard InChI is InChI=1S/C20H23N5O2/c26-19-8-7-18(20(27)21-9-3-11-24-12-4-10-23-24)25(19)14-15-13-22-17-6-2-1-5-16(15)17/h1-2,4-6,10,12-13,18,22H,3,7-9,11,14H2,(H,21,27). The Morgan fingerprint density at radius 2 is 2.19 bits per heavy atom. The summed E-state index contributed by atoms with van der Waals surface area (Å²) in [5, 5.41) is 8.21. The first-order valence-electron chi connectivity index (χ1n) is 9.32. The molecule has 3 aromatic rings. The van der Waals surface area contributed by atoms with E-state index in [9.17, 15) is 9.59 Å². The minimum absolute atomic E-state index is 0.0389. The topological polar surface area (TPSA) is 83.0 Å². The van der Waals surface area contributed by atoms with E-state index in [4.69, 9.17) is 0 Å². The second kappa shape index (κ2) is 7.65. The average molecular weight is 365 g/mol. The molecule has 1 aliphatic heterocycles. The first-order chi connectivity index (χ1) is 13.2. The van der Waals surface area contributed by atoms with Gasteiger partial charge in [-0.3, -0.25) is 14.3 Å². The van der Waals surface area contributed by atoms with Crippen molar-refractivity contribution < 1.29 is 9.59 Å². The van der Waals surface area contributed by atoms with Gasteiger partial charge in [-0.1, -0.05) is 18.2 Å². The highest BCUT2D eigenvalue weighted by Crippen LogP contribution is 2.25. The molecule has 0 aliphatic carbocycles. The van der Waals surface area contributed by atoms with Crippen LogP contribution < -0.4 is 5.32 Å². The number of para-hydroxylation sites is 1. The van der Waals surface area contributed by atoms with Crippen molar-refractivity contribution in [2.75, 3.05) is 6.54 Å². The molecule has 0 bridgehead atoms. The number of nitrogens with one attached hydrogen (secondary N) is 2. The van der Waals surface area contributed by atoms with Gasteiger partial charge in [-0.05, 0) is 30.5 Å². The number of carbonyl (C=O) groups is 2. The van der Waals surface area contributed by atoms with Gasteiger partial charge in [-0.25, -0.2) is 0 Å². The Morgan fingerprint density at radius 1 is 1.30 bits per heavy atom. The van der Waals surface area contributed by atoms with E-state index < -0.39 is 6.04 Å². The van der Waals surface area contributed by atoms with Crippen LogP contribution >= 0.6 is 0 Å². The molecule has 1 aliphatic rings. The second-order valence-electron chi connectivity index (χ2n) is 6.85. The van der Waals surface area contributed by atoms with Gasteiger partial charge in [0.05, 0.1) is 0 Å². The maximum Gasteiger partial charge on any atom is 0.242 e. The van der Waals surface area contributed by atoms with Crippen molar-refractivity contribution >= 4 is 22.7 Å². The zero-order valence-electron chi connectivity index (χ0n) is 15.1. The summed E-state index contributed by atoms with van der Waals surface area (Å²) in [6.07, 6.45) is 7.37. The Labute approximate surface area is 157 Å². The first kappa shape index (κ1) is 17.3. The van der Waals surface area contributed by atoms with E-state index >= 15 is 0 Å². The molecule has 2 N–H and O–H groups in total. The molecule has 0 spiro atoms. The van der Waals surface area contributed by atoms with Crippen LogP contribution in [0.15, 0.2) is 48.9 Å². The first-order valence-corrected chi connectivity index (χ1v) is 9.32. The van der Waals surface area contributed by atoms with Gasteiger partial charge in [-0.2, -0.15) is 5.10 Å². The lowest BCUT2D eigenvalue weighted by Crippen LogP contribution is -2.44. The monoisotopic (exact) mass is 365 g/mol. The summed E-state index contributed by atoms with van der Waals surface area (Å²) in [5.41, 5.74) is 2.08. The molecule has 0 radical (unpaired) electrons. The Morgan fingerprint density at radius 3 is 3.04 bits per heavy atom. The minimum atomic E-state index is -0.393. The highest BCUT2D eigenvalue weighted by molar-refractivity contribution is 5.91. The molecule has 0 saturated carbocycles. The summed E-state index contributed by atoms with van der Waals surface area (Å²) in [6, 6.07) is 9.49. The van der Waals surface area contributed by atoms with Gasteiger partial charge in [0.1, 0.15) is 6.04 Å². The molecular formula is C20H23N5O2. The Hall–Kier alpha value is -3.09. The van der Waals surface area contributed by atoms with Crippen LogP contribution in [0.3, 0.4) is 0 Å². The van der Waals surface area contributed by atoms with E-state index in [-0.39, 0.29) is 11.8 Å². The van der Waals surface area contributed by atoms with Gasteiger partial charge in [0.15, 0.2) is 0 Å². The average Bonchev–Trinajstić information content (AvgIpc) is 3.41. The normalized spacial score (nSPS) is 17.0. The number of nitrogens with zero attached hydrogens (tertiary/aromatic N) is 3. The number of hydrogen-bond donors (Lipinski definition) is 2. The van der Waals surface area contributed by atoms with Crippen molar-refractivity contribution in [2.24, 2.45) is 0 Å². The Kier molecular flexibility index (Phi) is 4.91. The zero-order chi connectivity index (χ0) is 18.6. The van der Waals surface area contributed by atoms with Crippen molar-refractivity contribution in [2.45, 2.75) is 38.4 Å². The third-order valence-electron chi connectivity index (χ3n) is 5.07. The molecule has 1 unspecified atom stereocenters. The SMILES string of the molecule is O=C(NCCCn1cccn1)C1CCC(=O)N1Cc1c[nH]c2ccccc12. The lowest BCUT2D eigenvalue weighted by molar-refractivity contribution is -0.135. The zero-order valence-corrected chi connectivity index (χ0v) is 15.1. The second-order valence-corrected chi connectivity index (χ2v) is 6.85. The highest BCUT2D eigenvalue weighted by atomic mass is 16.2. The van der Waals surface area contributed by atoms with Crippen molar-refractivity contribution in [1.82, 2.24) is 25.0 Å². The number of fused-ring (bicyclic) bond motifs is 1. The van der Waals surface area contributed by atoms with Crippen LogP contribution in [0.4, 0.5) is 0 Å². The van der Waals surface area contributed by atoms with Crippen LogP contribution in [-0.4, -0.2) is 44.1 Å². The van der Waals surface area contributed by atoms with Crippen molar-refractivity contribution in [3.05, 3.63) is 54.5 Å². The largest absolute Gasteiger partial charge is 0.361 e. The number of amides is 2. The number of hydrogen-bond acceptors (Lipinski definition) is 3. The fraction of sp³-hybridized carbons (Fsp3) is 0.350. The summed E-state index contributed by atoms with van der Waals surface area (Å²) in [6.45, 7) is 1.79. The fourth-order valence-electron chi connectivity index (χ4n) is 3.65. The molecule has 4 rings (SSSR count). The van der Waals surface area contributed by atoms with Crippen molar-refractivity contribution in [3.63, 3.8) is 0 Å². The molecular weight excluding hydrogens is 342 g/mol. The van der Waals surface area contributed by atoms with Gasteiger partial charge >= 0.3 is 0 Å². The number of aromatic amines is 1. The Bertz CT molecular complexity index is 931. The summed E-state index contributed by atoms with van der Waals surface area (Å²) >= 11 is 0. The molecule has 1 saturated heterocycles. The molecule has 140 valence electrons. The molecule has 27 heavy (non-hydrogen) atoms. The van der Waals surface area contributed by atoms with Crippen molar-refractivity contribution in [3.8, 4) is 0 Å². The number of carbonyl (C=O) groups excluding carboxylic acids is 2. The number of benzene rings is 1. The third-order valence-corrected chi connectivity index (χ3v) is 5.07. The molecule has 2 aromatic heterocycles. The predicted octanol–water partition coefficient (Wildman–Crippen LogP) is 2.06. The van der Waals surface area contributed by atoms with Crippen LogP contribution in [0.1, 0.15) is 24.8 Å². The van der Waals surface area contributed by atoms with E-state index in [0.717, 1.165) is 29.4 Å². The smallest absolute Gasteiger partial charge is 0.242 e. The van der Waals surface area contributed by atoms with E-state index in [1.54, 1.807) is 11.1 Å². The van der Waals surface area contributed by atoms with Crippen LogP contribution in [0.5, 0.6) is 0 Å². The van der Waals surface area contributed by atoms with Crippen LogP contribution in [-0.2, 0) is 22.7 Å². The highest BCUT2D eigenvalue weighted by Gasteiger charge is 2.36. The molecule has 1 atom stereocenters. The number of H-pyrrole nitrogens is 1. The number of aromatic nitrogens is 3. The van der Waals surface area contributed by atoms with Gasteiger partial charge in [0, 0.05) is 55.5 Å². The van der Waals surface area contributed by atoms with Gasteiger partial charge in [-0.15, -0.1) is 0 Å².